The van der Waals surface area contributed by atoms with E-state index < -0.39 is 0 Å². The van der Waals surface area contributed by atoms with Crippen LogP contribution in [0.1, 0.15) is 23.2 Å². The van der Waals surface area contributed by atoms with Gasteiger partial charge in [0, 0.05) is 27.8 Å². The minimum atomic E-state index is 0.0198. The molecule has 0 N–H and O–H groups in total. The Hall–Kier alpha value is -1.86. The highest BCUT2D eigenvalue weighted by molar-refractivity contribution is 7.99. The first-order valence-electron chi connectivity index (χ1n) is 9.32. The molecule has 2 aromatic carbocycles. The van der Waals surface area contributed by atoms with Crippen molar-refractivity contribution in [2.75, 3.05) is 12.4 Å². The number of carbonyl (C=O) groups is 1. The van der Waals surface area contributed by atoms with Crippen molar-refractivity contribution >= 4 is 40.7 Å². The summed E-state index contributed by atoms with van der Waals surface area (Å²) in [6.45, 7) is 1.43. The molecule has 1 aromatic heterocycles. The summed E-state index contributed by atoms with van der Waals surface area (Å²) in [5.41, 5.74) is 1.56. The standard InChI is InChI=1S/C21H19Cl2N3O2S/c22-16-7-3-14(4-8-16)19(27)13-29-21-25-24-20(15-5-9-17(23)10-6-15)26(21)12-18-2-1-11-28-18/h3-10,18H,1-2,11-13H2. The number of ketones is 1. The maximum absolute atomic E-state index is 12.5. The Morgan fingerprint density at radius 1 is 1.07 bits per heavy atom. The SMILES string of the molecule is O=C(CSc1nnc(-c2ccc(Cl)cc2)n1CC1CCCO1)c1ccc(Cl)cc1. The normalized spacial score (nSPS) is 16.3. The van der Waals surface area contributed by atoms with Crippen LogP contribution in [0.25, 0.3) is 11.4 Å². The number of Topliss-reactive ketones (excluding diaryl/α,β-unsaturated/α-hetero) is 1. The average Bonchev–Trinajstić information content (AvgIpc) is 3.38. The van der Waals surface area contributed by atoms with Gasteiger partial charge in [-0.3, -0.25) is 9.36 Å². The van der Waals surface area contributed by atoms with Gasteiger partial charge in [-0.1, -0.05) is 35.0 Å². The van der Waals surface area contributed by atoms with Gasteiger partial charge in [-0.15, -0.1) is 10.2 Å². The first kappa shape index (κ1) is 20.4. The average molecular weight is 448 g/mol. The lowest BCUT2D eigenvalue weighted by Gasteiger charge is -2.14. The van der Waals surface area contributed by atoms with E-state index in [4.69, 9.17) is 27.9 Å². The number of hydrogen-bond acceptors (Lipinski definition) is 5. The summed E-state index contributed by atoms with van der Waals surface area (Å²) in [5, 5.41) is 10.7. The summed E-state index contributed by atoms with van der Waals surface area (Å²) < 4.78 is 7.85. The fourth-order valence-corrected chi connectivity index (χ4v) is 4.31. The zero-order valence-electron chi connectivity index (χ0n) is 15.6. The van der Waals surface area contributed by atoms with Crippen LogP contribution in [0.3, 0.4) is 0 Å². The summed E-state index contributed by atoms with van der Waals surface area (Å²) in [7, 11) is 0. The van der Waals surface area contributed by atoms with Gasteiger partial charge in [0.05, 0.1) is 18.4 Å². The van der Waals surface area contributed by atoms with E-state index in [9.17, 15) is 4.79 Å². The number of rotatable bonds is 7. The number of aromatic nitrogens is 3. The molecule has 0 saturated carbocycles. The minimum Gasteiger partial charge on any atom is -0.376 e. The van der Waals surface area contributed by atoms with Gasteiger partial charge in [0.1, 0.15) is 0 Å². The second-order valence-corrected chi connectivity index (χ2v) is 8.59. The molecule has 150 valence electrons. The Labute approximate surface area is 183 Å². The van der Waals surface area contributed by atoms with Crippen LogP contribution in [0.4, 0.5) is 0 Å². The van der Waals surface area contributed by atoms with Gasteiger partial charge in [-0.25, -0.2) is 0 Å². The van der Waals surface area contributed by atoms with Crippen LogP contribution in [0.5, 0.6) is 0 Å². The molecule has 1 fully saturated rings. The fourth-order valence-electron chi connectivity index (χ4n) is 3.21. The number of halogens is 2. The number of benzene rings is 2. The maximum atomic E-state index is 12.5. The Bertz CT molecular complexity index is 984. The van der Waals surface area contributed by atoms with Crippen LogP contribution in [0.2, 0.25) is 10.0 Å². The molecular weight excluding hydrogens is 429 g/mol. The molecule has 0 spiro atoms. The van der Waals surface area contributed by atoms with E-state index in [2.05, 4.69) is 10.2 Å². The zero-order valence-corrected chi connectivity index (χ0v) is 17.9. The molecule has 5 nitrogen and oxygen atoms in total. The summed E-state index contributed by atoms with van der Waals surface area (Å²) in [6, 6.07) is 14.4. The van der Waals surface area contributed by atoms with E-state index in [0.717, 1.165) is 30.8 Å². The molecule has 1 atom stereocenters. The smallest absolute Gasteiger partial charge is 0.192 e. The number of nitrogens with zero attached hydrogens (tertiary/aromatic N) is 3. The second-order valence-electron chi connectivity index (χ2n) is 6.78. The highest BCUT2D eigenvalue weighted by Gasteiger charge is 2.22. The molecule has 0 aliphatic carbocycles. The van der Waals surface area contributed by atoms with Crippen LogP contribution in [-0.4, -0.2) is 39.0 Å². The van der Waals surface area contributed by atoms with E-state index in [0.29, 0.717) is 27.3 Å². The molecule has 8 heteroatoms. The van der Waals surface area contributed by atoms with Gasteiger partial charge < -0.3 is 4.74 Å². The lowest BCUT2D eigenvalue weighted by atomic mass is 10.1. The Balaban J connectivity index is 1.55. The fraction of sp³-hybridized carbons (Fsp3) is 0.286. The van der Waals surface area contributed by atoms with E-state index in [1.54, 1.807) is 24.3 Å². The van der Waals surface area contributed by atoms with Gasteiger partial charge in [-0.05, 0) is 61.4 Å². The van der Waals surface area contributed by atoms with Crippen LogP contribution in [0, 0.1) is 0 Å². The quantitative estimate of drug-likeness (QED) is 0.358. The van der Waals surface area contributed by atoms with Crippen LogP contribution in [-0.2, 0) is 11.3 Å². The minimum absolute atomic E-state index is 0.0198. The number of ether oxygens (including phenoxy) is 1. The van der Waals surface area contributed by atoms with E-state index in [1.165, 1.54) is 11.8 Å². The van der Waals surface area contributed by atoms with Crippen molar-refractivity contribution in [3.05, 3.63) is 64.1 Å². The maximum Gasteiger partial charge on any atom is 0.192 e. The van der Waals surface area contributed by atoms with Crippen molar-refractivity contribution in [3.8, 4) is 11.4 Å². The molecule has 1 aliphatic rings. The predicted octanol–water partition coefficient (Wildman–Crippen LogP) is 5.41. The molecule has 0 amide bonds. The first-order chi connectivity index (χ1) is 14.1. The van der Waals surface area contributed by atoms with Gasteiger partial charge in [0.15, 0.2) is 16.8 Å². The molecule has 29 heavy (non-hydrogen) atoms. The Kier molecular flexibility index (Phi) is 6.55. The first-order valence-corrected chi connectivity index (χ1v) is 11.1. The molecule has 1 unspecified atom stereocenters. The molecule has 4 rings (SSSR count). The summed E-state index contributed by atoms with van der Waals surface area (Å²) in [6.07, 6.45) is 2.19. The Morgan fingerprint density at radius 2 is 1.76 bits per heavy atom. The van der Waals surface area contributed by atoms with E-state index in [-0.39, 0.29) is 17.6 Å². The largest absolute Gasteiger partial charge is 0.376 e. The lowest BCUT2D eigenvalue weighted by Crippen LogP contribution is -2.17. The van der Waals surface area contributed by atoms with Crippen molar-refractivity contribution in [2.24, 2.45) is 0 Å². The van der Waals surface area contributed by atoms with Crippen molar-refractivity contribution < 1.29 is 9.53 Å². The van der Waals surface area contributed by atoms with Crippen LogP contribution >= 0.6 is 35.0 Å². The summed E-state index contributed by atoms with van der Waals surface area (Å²) >= 11 is 13.3. The van der Waals surface area contributed by atoms with Crippen LogP contribution in [0.15, 0.2) is 53.7 Å². The molecule has 0 bridgehead atoms. The molecule has 1 saturated heterocycles. The van der Waals surface area contributed by atoms with Gasteiger partial charge >= 0.3 is 0 Å². The number of thioether (sulfide) groups is 1. The topological polar surface area (TPSA) is 57.0 Å². The third-order valence-corrected chi connectivity index (χ3v) is 6.20. The molecule has 1 aliphatic heterocycles. The van der Waals surface area contributed by atoms with Gasteiger partial charge in [-0.2, -0.15) is 0 Å². The van der Waals surface area contributed by atoms with Crippen molar-refractivity contribution in [1.29, 1.82) is 0 Å². The zero-order chi connectivity index (χ0) is 20.2. The predicted molar refractivity (Wildman–Crippen MR) is 116 cm³/mol. The van der Waals surface area contributed by atoms with Crippen LogP contribution < -0.4 is 0 Å². The third kappa shape index (κ3) is 5.01. The second kappa shape index (κ2) is 9.30. The van der Waals surface area contributed by atoms with E-state index in [1.807, 2.05) is 28.8 Å². The number of hydrogen-bond donors (Lipinski definition) is 0. The summed E-state index contributed by atoms with van der Waals surface area (Å²) in [4.78, 5) is 12.5. The Morgan fingerprint density at radius 3 is 2.41 bits per heavy atom. The van der Waals surface area contributed by atoms with E-state index >= 15 is 0 Å². The molecule has 2 heterocycles. The van der Waals surface area contributed by atoms with Crippen molar-refractivity contribution in [2.45, 2.75) is 30.6 Å². The van der Waals surface area contributed by atoms with Gasteiger partial charge in [0.2, 0.25) is 0 Å². The number of carbonyl (C=O) groups excluding carboxylic acids is 1. The van der Waals surface area contributed by atoms with Crippen molar-refractivity contribution in [3.63, 3.8) is 0 Å². The third-order valence-electron chi connectivity index (χ3n) is 4.73. The highest BCUT2D eigenvalue weighted by Crippen LogP contribution is 2.28. The summed E-state index contributed by atoms with van der Waals surface area (Å²) in [5.74, 6) is 1.04. The monoisotopic (exact) mass is 447 g/mol. The molecular formula is C21H19Cl2N3O2S. The molecule has 0 radical (unpaired) electrons. The lowest BCUT2D eigenvalue weighted by molar-refractivity contribution is 0.0953. The van der Waals surface area contributed by atoms with Crippen molar-refractivity contribution in [1.82, 2.24) is 14.8 Å². The highest BCUT2D eigenvalue weighted by atomic mass is 35.5. The molecule has 3 aromatic rings. The van der Waals surface area contributed by atoms with Gasteiger partial charge in [0.25, 0.3) is 0 Å².